The normalized spacial score (nSPS) is 12.5. The van der Waals surface area contributed by atoms with Gasteiger partial charge in [0.25, 0.3) is 0 Å². The summed E-state index contributed by atoms with van der Waals surface area (Å²) >= 11 is 0. The van der Waals surface area contributed by atoms with Crippen molar-refractivity contribution in [2.24, 2.45) is 7.05 Å². The van der Waals surface area contributed by atoms with Crippen molar-refractivity contribution >= 4 is 0 Å². The van der Waals surface area contributed by atoms with Crippen LogP contribution in [-0.4, -0.2) is 32.3 Å². The topological polar surface area (TPSA) is 55.6 Å². The van der Waals surface area contributed by atoms with Crippen LogP contribution < -0.4 is 5.32 Å². The molecule has 2 rings (SSSR count). The molecule has 0 aliphatic heterocycles. The largest absolute Gasteiger partial charge is 0.314 e. The van der Waals surface area contributed by atoms with E-state index >= 15 is 0 Å². The lowest BCUT2D eigenvalue weighted by molar-refractivity contribution is 0.460. The van der Waals surface area contributed by atoms with Crippen molar-refractivity contribution in [3.05, 3.63) is 42.2 Å². The number of aryl methyl sites for hydroxylation is 2. The van der Waals surface area contributed by atoms with E-state index in [1.807, 2.05) is 30.1 Å². The number of rotatable bonds is 8. The maximum absolute atomic E-state index is 4.38. The fourth-order valence-electron chi connectivity index (χ4n) is 2.22. The van der Waals surface area contributed by atoms with Crippen LogP contribution in [0.3, 0.4) is 0 Å². The monoisotopic (exact) mass is 273 g/mol. The van der Waals surface area contributed by atoms with Gasteiger partial charge in [0.2, 0.25) is 0 Å². The number of hydrogen-bond donors (Lipinski definition) is 1. The Bertz CT molecular complexity index is 494. The van der Waals surface area contributed by atoms with E-state index in [4.69, 9.17) is 0 Å². The Balaban J connectivity index is 1.91. The summed E-state index contributed by atoms with van der Waals surface area (Å²) in [5.74, 6) is 1.03. The average Bonchev–Trinajstić information content (AvgIpc) is 2.88. The van der Waals surface area contributed by atoms with Gasteiger partial charge >= 0.3 is 0 Å². The average molecular weight is 273 g/mol. The first kappa shape index (κ1) is 14.7. The molecular weight excluding hydrogens is 250 g/mol. The Labute approximate surface area is 120 Å². The molecule has 108 valence electrons. The van der Waals surface area contributed by atoms with E-state index in [9.17, 15) is 0 Å². The van der Waals surface area contributed by atoms with Gasteiger partial charge in [-0.15, -0.1) is 0 Å². The van der Waals surface area contributed by atoms with Crippen LogP contribution in [-0.2, 0) is 19.9 Å². The van der Waals surface area contributed by atoms with Crippen molar-refractivity contribution in [1.29, 1.82) is 0 Å². The summed E-state index contributed by atoms with van der Waals surface area (Å²) < 4.78 is 1.85. The molecule has 5 nitrogen and oxygen atoms in total. The van der Waals surface area contributed by atoms with Crippen LogP contribution >= 0.6 is 0 Å². The van der Waals surface area contributed by atoms with Crippen LogP contribution in [0.2, 0.25) is 0 Å². The summed E-state index contributed by atoms with van der Waals surface area (Å²) in [6, 6.07) is 6.49. The van der Waals surface area contributed by atoms with Gasteiger partial charge in [-0.25, -0.2) is 4.98 Å². The second-order valence-corrected chi connectivity index (χ2v) is 5.01. The lowest BCUT2D eigenvalue weighted by Gasteiger charge is -2.17. The molecule has 0 bridgehead atoms. The van der Waals surface area contributed by atoms with Crippen molar-refractivity contribution in [1.82, 2.24) is 25.1 Å². The zero-order valence-corrected chi connectivity index (χ0v) is 12.3. The van der Waals surface area contributed by atoms with E-state index in [2.05, 4.69) is 33.4 Å². The van der Waals surface area contributed by atoms with Crippen molar-refractivity contribution in [3.63, 3.8) is 0 Å². The lowest BCUT2D eigenvalue weighted by Crippen LogP contribution is -2.33. The molecule has 0 aromatic carbocycles. The highest BCUT2D eigenvalue weighted by atomic mass is 15.3. The van der Waals surface area contributed by atoms with Crippen LogP contribution in [0.25, 0.3) is 0 Å². The summed E-state index contributed by atoms with van der Waals surface area (Å²) in [6.45, 7) is 3.22. The minimum atomic E-state index is 0.417. The molecular formula is C15H23N5. The fraction of sp³-hybridized carbons (Fsp3) is 0.533. The smallest absolute Gasteiger partial charge is 0.138 e. The zero-order valence-electron chi connectivity index (χ0n) is 12.3. The van der Waals surface area contributed by atoms with Crippen molar-refractivity contribution < 1.29 is 0 Å². The van der Waals surface area contributed by atoms with E-state index in [1.165, 1.54) is 0 Å². The number of pyridine rings is 1. The first-order chi connectivity index (χ1) is 9.79. The maximum atomic E-state index is 4.38. The molecule has 2 heterocycles. The molecule has 2 aromatic rings. The molecule has 1 atom stereocenters. The Morgan fingerprint density at radius 3 is 2.85 bits per heavy atom. The van der Waals surface area contributed by atoms with Crippen molar-refractivity contribution in [2.75, 3.05) is 6.54 Å². The molecule has 1 unspecified atom stereocenters. The molecule has 0 radical (unpaired) electrons. The van der Waals surface area contributed by atoms with Crippen LogP contribution in [0.1, 0.15) is 31.3 Å². The van der Waals surface area contributed by atoms with E-state index < -0.39 is 0 Å². The van der Waals surface area contributed by atoms with Crippen LogP contribution in [0.5, 0.6) is 0 Å². The van der Waals surface area contributed by atoms with Gasteiger partial charge in [-0.3, -0.25) is 9.67 Å². The number of nitrogens with one attached hydrogen (secondary N) is 1. The highest BCUT2D eigenvalue weighted by Crippen LogP contribution is 2.07. The van der Waals surface area contributed by atoms with Gasteiger partial charge in [-0.1, -0.05) is 13.0 Å². The molecule has 5 heteroatoms. The maximum Gasteiger partial charge on any atom is 0.138 e. The highest BCUT2D eigenvalue weighted by molar-refractivity contribution is 5.04. The molecule has 0 saturated heterocycles. The minimum absolute atomic E-state index is 0.417. The second-order valence-electron chi connectivity index (χ2n) is 5.01. The second kappa shape index (κ2) is 7.75. The van der Waals surface area contributed by atoms with Gasteiger partial charge in [-0.05, 0) is 37.9 Å². The third-order valence-corrected chi connectivity index (χ3v) is 3.39. The minimum Gasteiger partial charge on any atom is -0.314 e. The SMILES string of the molecule is CCCNC(CCc1ccccn1)Cc1ncnn1C. The molecule has 0 amide bonds. The summed E-state index contributed by atoms with van der Waals surface area (Å²) in [7, 11) is 1.94. The quantitative estimate of drug-likeness (QED) is 0.796. The first-order valence-electron chi connectivity index (χ1n) is 7.25. The van der Waals surface area contributed by atoms with Crippen LogP contribution in [0, 0.1) is 0 Å². The number of nitrogens with zero attached hydrogens (tertiary/aromatic N) is 4. The molecule has 0 aliphatic rings. The predicted octanol–water partition coefficient (Wildman–Crippen LogP) is 1.75. The van der Waals surface area contributed by atoms with E-state index in [-0.39, 0.29) is 0 Å². The van der Waals surface area contributed by atoms with Crippen LogP contribution in [0.15, 0.2) is 30.7 Å². The molecule has 2 aromatic heterocycles. The van der Waals surface area contributed by atoms with Gasteiger partial charge in [0, 0.05) is 31.4 Å². The van der Waals surface area contributed by atoms with Gasteiger partial charge < -0.3 is 5.32 Å². The molecule has 0 fully saturated rings. The summed E-state index contributed by atoms with van der Waals surface area (Å²) in [6.07, 6.45) is 7.56. The third-order valence-electron chi connectivity index (χ3n) is 3.39. The zero-order chi connectivity index (χ0) is 14.2. The standard InChI is InChI=1S/C15H23N5/c1-3-9-16-14(11-15-18-12-19-20(15)2)8-7-13-6-4-5-10-17-13/h4-6,10,12,14,16H,3,7-9,11H2,1-2H3. The summed E-state index contributed by atoms with van der Waals surface area (Å²) in [4.78, 5) is 8.70. The molecule has 1 N–H and O–H groups in total. The number of hydrogen-bond acceptors (Lipinski definition) is 4. The molecule has 0 aliphatic carbocycles. The summed E-state index contributed by atoms with van der Waals surface area (Å²) in [5, 5.41) is 7.73. The van der Waals surface area contributed by atoms with E-state index in [1.54, 1.807) is 6.33 Å². The Hall–Kier alpha value is -1.75. The third kappa shape index (κ3) is 4.42. The van der Waals surface area contributed by atoms with Gasteiger partial charge in [0.1, 0.15) is 12.2 Å². The lowest BCUT2D eigenvalue weighted by atomic mass is 10.1. The fourth-order valence-corrected chi connectivity index (χ4v) is 2.22. The van der Waals surface area contributed by atoms with Gasteiger partial charge in [0.15, 0.2) is 0 Å². The van der Waals surface area contributed by atoms with E-state index in [0.29, 0.717) is 6.04 Å². The first-order valence-corrected chi connectivity index (χ1v) is 7.25. The van der Waals surface area contributed by atoms with Crippen LogP contribution in [0.4, 0.5) is 0 Å². The van der Waals surface area contributed by atoms with Gasteiger partial charge in [-0.2, -0.15) is 5.10 Å². The Morgan fingerprint density at radius 1 is 1.30 bits per heavy atom. The Kier molecular flexibility index (Phi) is 5.68. The highest BCUT2D eigenvalue weighted by Gasteiger charge is 2.12. The predicted molar refractivity (Wildman–Crippen MR) is 79.3 cm³/mol. The van der Waals surface area contributed by atoms with E-state index in [0.717, 1.165) is 43.7 Å². The van der Waals surface area contributed by atoms with Crippen molar-refractivity contribution in [3.8, 4) is 0 Å². The van der Waals surface area contributed by atoms with Gasteiger partial charge in [0.05, 0.1) is 0 Å². The van der Waals surface area contributed by atoms with Crippen molar-refractivity contribution in [2.45, 2.75) is 38.6 Å². The molecule has 0 spiro atoms. The molecule has 20 heavy (non-hydrogen) atoms. The Morgan fingerprint density at radius 2 is 2.20 bits per heavy atom. The molecule has 0 saturated carbocycles. The summed E-state index contributed by atoms with van der Waals surface area (Å²) in [5.41, 5.74) is 1.15. The number of aromatic nitrogens is 4.